The minimum Gasteiger partial charge on any atom is -0.375 e. The molecule has 54 valence electrons. The van der Waals surface area contributed by atoms with Gasteiger partial charge in [-0.05, 0) is 6.42 Å². The van der Waals surface area contributed by atoms with Crippen molar-refractivity contribution >= 4 is 0 Å². The number of morpholine rings is 1. The van der Waals surface area contributed by atoms with Gasteiger partial charge in [-0.3, -0.25) is 4.90 Å². The zero-order chi connectivity index (χ0) is 6.97. The summed E-state index contributed by atoms with van der Waals surface area (Å²) in [6.45, 7) is 2.74. The first-order chi connectivity index (χ1) is 4.90. The lowest BCUT2D eigenvalue weighted by molar-refractivity contribution is 0.0364. The van der Waals surface area contributed by atoms with Gasteiger partial charge >= 0.3 is 0 Å². The number of fused-ring (bicyclic) bond motifs is 2. The van der Waals surface area contributed by atoms with Crippen LogP contribution in [-0.2, 0) is 4.74 Å². The number of likely N-dealkylation sites (tertiary alicyclic amines) is 1. The average molecular weight is 137 g/mol. The van der Waals surface area contributed by atoms with Crippen LogP contribution in [0, 0.1) is 12.3 Å². The quantitative estimate of drug-likeness (QED) is 0.475. The van der Waals surface area contributed by atoms with Crippen LogP contribution in [0.2, 0.25) is 0 Å². The SMILES string of the molecule is C#CCN1C[C@H]2C[C@@H]1CO2. The molecule has 2 rings (SSSR count). The van der Waals surface area contributed by atoms with E-state index in [0.717, 1.165) is 19.7 Å². The van der Waals surface area contributed by atoms with E-state index in [4.69, 9.17) is 11.2 Å². The molecule has 2 aliphatic heterocycles. The molecule has 0 unspecified atom stereocenters. The van der Waals surface area contributed by atoms with Crippen LogP contribution in [0.1, 0.15) is 6.42 Å². The predicted octanol–water partition coefficient (Wildman–Crippen LogP) is 0.0927. The Bertz CT molecular complexity index is 173. The van der Waals surface area contributed by atoms with Gasteiger partial charge in [-0.15, -0.1) is 6.42 Å². The largest absolute Gasteiger partial charge is 0.375 e. The van der Waals surface area contributed by atoms with Crippen molar-refractivity contribution in [2.45, 2.75) is 18.6 Å². The van der Waals surface area contributed by atoms with E-state index in [1.165, 1.54) is 6.42 Å². The molecule has 2 fully saturated rings. The Hall–Kier alpha value is -0.520. The molecule has 0 aromatic heterocycles. The van der Waals surface area contributed by atoms with E-state index in [2.05, 4.69) is 10.8 Å². The van der Waals surface area contributed by atoms with Gasteiger partial charge in [0, 0.05) is 12.6 Å². The molecule has 0 aromatic carbocycles. The molecule has 0 amide bonds. The van der Waals surface area contributed by atoms with Gasteiger partial charge < -0.3 is 4.74 Å². The average Bonchev–Trinajstić information content (AvgIpc) is 2.48. The molecular formula is C8H11NO. The molecule has 0 aromatic rings. The number of terminal acetylenes is 1. The normalized spacial score (nSPS) is 38.3. The molecule has 2 aliphatic rings. The summed E-state index contributed by atoms with van der Waals surface area (Å²) >= 11 is 0. The Kier molecular flexibility index (Phi) is 1.40. The smallest absolute Gasteiger partial charge is 0.0719 e. The third-order valence-electron chi connectivity index (χ3n) is 2.31. The molecule has 2 heteroatoms. The summed E-state index contributed by atoms with van der Waals surface area (Å²) < 4.78 is 5.42. The number of hydrogen-bond donors (Lipinski definition) is 0. The van der Waals surface area contributed by atoms with Crippen molar-refractivity contribution in [3.05, 3.63) is 0 Å². The van der Waals surface area contributed by atoms with Crippen molar-refractivity contribution in [2.24, 2.45) is 0 Å². The molecule has 10 heavy (non-hydrogen) atoms. The monoisotopic (exact) mass is 137 g/mol. The van der Waals surface area contributed by atoms with E-state index in [1.807, 2.05) is 0 Å². The van der Waals surface area contributed by atoms with Crippen molar-refractivity contribution in [3.63, 3.8) is 0 Å². The van der Waals surface area contributed by atoms with E-state index in [-0.39, 0.29) is 0 Å². The van der Waals surface area contributed by atoms with Crippen LogP contribution in [0.25, 0.3) is 0 Å². The molecule has 0 N–H and O–H groups in total. The predicted molar refractivity (Wildman–Crippen MR) is 38.6 cm³/mol. The third-order valence-corrected chi connectivity index (χ3v) is 2.31. The van der Waals surface area contributed by atoms with Crippen LogP contribution in [-0.4, -0.2) is 36.7 Å². The van der Waals surface area contributed by atoms with E-state index in [0.29, 0.717) is 12.1 Å². The van der Waals surface area contributed by atoms with Gasteiger partial charge in [0.25, 0.3) is 0 Å². The van der Waals surface area contributed by atoms with E-state index >= 15 is 0 Å². The highest BCUT2D eigenvalue weighted by Gasteiger charge is 2.38. The zero-order valence-corrected chi connectivity index (χ0v) is 5.92. The fraction of sp³-hybridized carbons (Fsp3) is 0.750. The van der Waals surface area contributed by atoms with Gasteiger partial charge in [0.05, 0.1) is 19.3 Å². The molecule has 2 nitrogen and oxygen atoms in total. The maximum Gasteiger partial charge on any atom is 0.0719 e. The molecule has 2 bridgehead atoms. The minimum absolute atomic E-state index is 0.485. The van der Waals surface area contributed by atoms with Crippen LogP contribution in [0.3, 0.4) is 0 Å². The highest BCUT2D eigenvalue weighted by atomic mass is 16.5. The Morgan fingerprint density at radius 1 is 1.70 bits per heavy atom. The van der Waals surface area contributed by atoms with Crippen LogP contribution in [0.5, 0.6) is 0 Å². The highest BCUT2D eigenvalue weighted by Crippen LogP contribution is 2.26. The van der Waals surface area contributed by atoms with E-state index in [1.54, 1.807) is 0 Å². The van der Waals surface area contributed by atoms with Crippen molar-refractivity contribution < 1.29 is 4.74 Å². The lowest BCUT2D eigenvalue weighted by atomic mass is 10.2. The number of hydrogen-bond acceptors (Lipinski definition) is 2. The van der Waals surface area contributed by atoms with Gasteiger partial charge in [-0.25, -0.2) is 0 Å². The van der Waals surface area contributed by atoms with Crippen LogP contribution >= 0.6 is 0 Å². The minimum atomic E-state index is 0.485. The van der Waals surface area contributed by atoms with Gasteiger partial charge in [0.15, 0.2) is 0 Å². The van der Waals surface area contributed by atoms with Gasteiger partial charge in [0.1, 0.15) is 0 Å². The fourth-order valence-electron chi connectivity index (χ4n) is 1.79. The first-order valence-corrected chi connectivity index (χ1v) is 3.69. The summed E-state index contributed by atoms with van der Waals surface area (Å²) in [5.41, 5.74) is 0. The molecule has 0 saturated carbocycles. The highest BCUT2D eigenvalue weighted by molar-refractivity contribution is 4.98. The van der Waals surface area contributed by atoms with Crippen molar-refractivity contribution in [1.29, 1.82) is 0 Å². The number of nitrogens with zero attached hydrogens (tertiary/aromatic N) is 1. The zero-order valence-electron chi connectivity index (χ0n) is 5.92. The van der Waals surface area contributed by atoms with Gasteiger partial charge in [-0.2, -0.15) is 0 Å². The summed E-state index contributed by atoms with van der Waals surface area (Å²) in [6, 6.07) is 0.626. The molecular weight excluding hydrogens is 126 g/mol. The second kappa shape index (κ2) is 2.26. The summed E-state index contributed by atoms with van der Waals surface area (Å²) in [6.07, 6.45) is 6.89. The van der Waals surface area contributed by atoms with E-state index < -0.39 is 0 Å². The number of rotatable bonds is 1. The van der Waals surface area contributed by atoms with Crippen molar-refractivity contribution in [3.8, 4) is 12.3 Å². The second-order valence-corrected chi connectivity index (χ2v) is 2.98. The summed E-state index contributed by atoms with van der Waals surface area (Å²) in [5.74, 6) is 2.66. The Labute approximate surface area is 61.2 Å². The number of ether oxygens (including phenoxy) is 1. The molecule has 2 atom stereocenters. The summed E-state index contributed by atoms with van der Waals surface area (Å²) in [4.78, 5) is 2.33. The van der Waals surface area contributed by atoms with Crippen LogP contribution in [0.15, 0.2) is 0 Å². The third kappa shape index (κ3) is 0.828. The first kappa shape index (κ1) is 6.21. The molecule has 2 saturated heterocycles. The lowest BCUT2D eigenvalue weighted by Crippen LogP contribution is -2.36. The molecule has 0 radical (unpaired) electrons. The Morgan fingerprint density at radius 3 is 3.10 bits per heavy atom. The first-order valence-electron chi connectivity index (χ1n) is 3.69. The van der Waals surface area contributed by atoms with Crippen molar-refractivity contribution in [1.82, 2.24) is 4.90 Å². The summed E-state index contributed by atoms with van der Waals surface area (Å²) in [7, 11) is 0. The van der Waals surface area contributed by atoms with Gasteiger partial charge in [-0.1, -0.05) is 5.92 Å². The molecule has 0 aliphatic carbocycles. The Morgan fingerprint density at radius 2 is 2.60 bits per heavy atom. The Balaban J connectivity index is 1.97. The van der Waals surface area contributed by atoms with Gasteiger partial charge in [0.2, 0.25) is 0 Å². The molecule has 2 heterocycles. The van der Waals surface area contributed by atoms with Crippen LogP contribution < -0.4 is 0 Å². The fourth-order valence-corrected chi connectivity index (χ4v) is 1.79. The maximum absolute atomic E-state index is 5.42. The second-order valence-electron chi connectivity index (χ2n) is 2.98. The van der Waals surface area contributed by atoms with Crippen LogP contribution in [0.4, 0.5) is 0 Å². The topological polar surface area (TPSA) is 12.5 Å². The maximum atomic E-state index is 5.42. The molecule has 0 spiro atoms. The summed E-state index contributed by atoms with van der Waals surface area (Å²) in [5, 5.41) is 0. The van der Waals surface area contributed by atoms with Crippen molar-refractivity contribution in [2.75, 3.05) is 19.7 Å². The standard InChI is InChI=1S/C8H11NO/c1-2-3-9-5-8-4-7(9)6-10-8/h1,7-8H,3-6H2/t7-,8-/m1/s1. The van der Waals surface area contributed by atoms with E-state index in [9.17, 15) is 0 Å². The lowest BCUT2D eigenvalue weighted by Gasteiger charge is -2.23.